The van der Waals surface area contributed by atoms with Crippen molar-refractivity contribution < 1.29 is 27.6 Å². The minimum atomic E-state index is -4.81. The van der Waals surface area contributed by atoms with Crippen LogP contribution in [0.1, 0.15) is 21.5 Å². The highest BCUT2D eigenvalue weighted by atomic mass is 19.4. The molecule has 2 amide bonds. The predicted molar refractivity (Wildman–Crippen MR) is 120 cm³/mol. The standard InChI is InChI=1S/C22H18F3N7O3/c1-32(2)20(35)17(34)13-5-3-4-6-15(13)29-19-14(22(23,24)25)10-27-21(31-19)28-12-7-11-8-16(33)30-18(11)26-9-12/h3-7,9-10H,8H2,1-2H3,(H,26,30,33)(H2,27,28,29,31). The van der Waals surface area contributed by atoms with Crippen molar-refractivity contribution >= 4 is 46.6 Å². The van der Waals surface area contributed by atoms with E-state index >= 15 is 0 Å². The minimum absolute atomic E-state index is 0.0355. The van der Waals surface area contributed by atoms with Crippen molar-refractivity contribution in [3.8, 4) is 0 Å². The van der Waals surface area contributed by atoms with Gasteiger partial charge < -0.3 is 20.9 Å². The number of carbonyl (C=O) groups excluding carboxylic acids is 3. The first-order valence-electron chi connectivity index (χ1n) is 10.1. The molecule has 4 rings (SSSR count). The summed E-state index contributed by atoms with van der Waals surface area (Å²) in [4.78, 5) is 49.1. The van der Waals surface area contributed by atoms with Gasteiger partial charge in [-0.2, -0.15) is 18.2 Å². The quantitative estimate of drug-likeness (QED) is 0.359. The Hall–Kier alpha value is -4.55. The lowest BCUT2D eigenvalue weighted by Crippen LogP contribution is -2.30. The molecule has 1 aliphatic heterocycles. The normalized spacial score (nSPS) is 12.5. The molecule has 0 fully saturated rings. The molecule has 3 aromatic rings. The molecule has 0 saturated heterocycles. The summed E-state index contributed by atoms with van der Waals surface area (Å²) in [7, 11) is 2.78. The second-order valence-corrected chi connectivity index (χ2v) is 7.73. The average Bonchev–Trinajstić information content (AvgIpc) is 3.17. The number of anilines is 5. The number of pyridine rings is 1. The Balaban J connectivity index is 1.68. The number of hydrogen-bond acceptors (Lipinski definition) is 8. The van der Waals surface area contributed by atoms with Crippen LogP contribution in [0.4, 0.5) is 42.1 Å². The van der Waals surface area contributed by atoms with Crippen molar-refractivity contribution in [2.24, 2.45) is 0 Å². The molecule has 35 heavy (non-hydrogen) atoms. The molecule has 0 atom stereocenters. The molecular weight excluding hydrogens is 467 g/mol. The van der Waals surface area contributed by atoms with Crippen LogP contribution in [0, 0.1) is 0 Å². The molecule has 1 aliphatic rings. The van der Waals surface area contributed by atoms with Crippen LogP contribution >= 0.6 is 0 Å². The number of para-hydroxylation sites is 1. The first kappa shape index (κ1) is 23.6. The van der Waals surface area contributed by atoms with Gasteiger partial charge in [0.25, 0.3) is 11.7 Å². The fraction of sp³-hybridized carbons (Fsp3) is 0.182. The number of likely N-dealkylation sites (N-methyl/N-ethyl adjacent to an activating group) is 1. The topological polar surface area (TPSA) is 129 Å². The van der Waals surface area contributed by atoms with E-state index in [1.165, 1.54) is 44.6 Å². The zero-order chi connectivity index (χ0) is 25.3. The van der Waals surface area contributed by atoms with Crippen molar-refractivity contribution in [1.29, 1.82) is 0 Å². The van der Waals surface area contributed by atoms with Gasteiger partial charge in [-0.1, -0.05) is 12.1 Å². The van der Waals surface area contributed by atoms with E-state index in [-0.39, 0.29) is 29.5 Å². The van der Waals surface area contributed by atoms with E-state index in [1.807, 2.05) is 0 Å². The van der Waals surface area contributed by atoms with Crippen molar-refractivity contribution in [3.05, 3.63) is 59.4 Å². The van der Waals surface area contributed by atoms with Gasteiger partial charge in [0.05, 0.1) is 29.6 Å². The summed E-state index contributed by atoms with van der Waals surface area (Å²) in [6.45, 7) is 0. The third-order valence-corrected chi connectivity index (χ3v) is 4.95. The van der Waals surface area contributed by atoms with Crippen LogP contribution in [0.15, 0.2) is 42.7 Å². The zero-order valence-electron chi connectivity index (χ0n) is 18.4. The molecule has 2 aromatic heterocycles. The van der Waals surface area contributed by atoms with Crippen LogP contribution in [0.5, 0.6) is 0 Å². The Bertz CT molecular complexity index is 1340. The van der Waals surface area contributed by atoms with E-state index in [1.54, 1.807) is 6.07 Å². The Morgan fingerprint density at radius 1 is 1.09 bits per heavy atom. The van der Waals surface area contributed by atoms with E-state index in [0.29, 0.717) is 23.3 Å². The van der Waals surface area contributed by atoms with Gasteiger partial charge in [-0.3, -0.25) is 14.4 Å². The van der Waals surface area contributed by atoms with E-state index in [0.717, 1.165) is 4.90 Å². The number of aromatic nitrogens is 3. The van der Waals surface area contributed by atoms with Gasteiger partial charge in [-0.15, -0.1) is 0 Å². The third kappa shape index (κ3) is 5.03. The summed E-state index contributed by atoms with van der Waals surface area (Å²) in [6, 6.07) is 7.28. The number of Topliss-reactive ketones (excluding diaryl/α,β-unsaturated/α-hetero) is 1. The summed E-state index contributed by atoms with van der Waals surface area (Å²) >= 11 is 0. The number of carbonyl (C=O) groups is 3. The van der Waals surface area contributed by atoms with Crippen molar-refractivity contribution in [2.75, 3.05) is 30.0 Å². The number of amides is 2. The molecule has 0 spiro atoms. The largest absolute Gasteiger partial charge is 0.421 e. The maximum atomic E-state index is 13.7. The highest BCUT2D eigenvalue weighted by molar-refractivity contribution is 6.43. The van der Waals surface area contributed by atoms with Crippen molar-refractivity contribution in [3.63, 3.8) is 0 Å². The fourth-order valence-electron chi connectivity index (χ4n) is 3.29. The number of nitrogens with zero attached hydrogens (tertiary/aromatic N) is 4. The van der Waals surface area contributed by atoms with E-state index in [2.05, 4.69) is 30.9 Å². The van der Waals surface area contributed by atoms with Crippen LogP contribution in [0.25, 0.3) is 0 Å². The summed E-state index contributed by atoms with van der Waals surface area (Å²) in [6.07, 6.45) is -2.71. The van der Waals surface area contributed by atoms with Crippen LogP contribution in [0.2, 0.25) is 0 Å². The minimum Gasteiger partial charge on any atom is -0.342 e. The van der Waals surface area contributed by atoms with Crippen LogP contribution in [-0.4, -0.2) is 51.5 Å². The molecule has 0 bridgehead atoms. The van der Waals surface area contributed by atoms with Crippen molar-refractivity contribution in [2.45, 2.75) is 12.6 Å². The van der Waals surface area contributed by atoms with E-state index in [9.17, 15) is 27.6 Å². The van der Waals surface area contributed by atoms with Gasteiger partial charge in [0.1, 0.15) is 17.2 Å². The Morgan fingerprint density at radius 2 is 1.83 bits per heavy atom. The Kier molecular flexibility index (Phi) is 6.07. The first-order chi connectivity index (χ1) is 16.5. The van der Waals surface area contributed by atoms with Gasteiger partial charge in [0.2, 0.25) is 11.9 Å². The second-order valence-electron chi connectivity index (χ2n) is 7.73. The molecule has 0 aliphatic carbocycles. The highest BCUT2D eigenvalue weighted by Gasteiger charge is 2.36. The van der Waals surface area contributed by atoms with Crippen LogP contribution in [0.3, 0.4) is 0 Å². The third-order valence-electron chi connectivity index (χ3n) is 4.95. The number of alkyl halides is 3. The molecule has 0 unspecified atom stereocenters. The van der Waals surface area contributed by atoms with Gasteiger partial charge in [-0.25, -0.2) is 9.97 Å². The smallest absolute Gasteiger partial charge is 0.342 e. The highest BCUT2D eigenvalue weighted by Crippen LogP contribution is 2.36. The summed E-state index contributed by atoms with van der Waals surface area (Å²) in [5.74, 6) is -2.36. The number of nitrogens with one attached hydrogen (secondary N) is 3. The number of halogens is 3. The summed E-state index contributed by atoms with van der Waals surface area (Å²) < 4.78 is 41.0. The molecule has 0 saturated carbocycles. The van der Waals surface area contributed by atoms with Crippen LogP contribution < -0.4 is 16.0 Å². The maximum absolute atomic E-state index is 13.7. The molecule has 3 N–H and O–H groups in total. The molecule has 10 nitrogen and oxygen atoms in total. The first-order valence-corrected chi connectivity index (χ1v) is 10.1. The number of ketones is 1. The second kappa shape index (κ2) is 9.00. The number of rotatable bonds is 6. The number of benzene rings is 1. The maximum Gasteiger partial charge on any atom is 0.421 e. The molecule has 180 valence electrons. The average molecular weight is 485 g/mol. The molecule has 1 aromatic carbocycles. The van der Waals surface area contributed by atoms with Gasteiger partial charge >= 0.3 is 6.18 Å². The van der Waals surface area contributed by atoms with Gasteiger partial charge in [-0.05, 0) is 18.2 Å². The lowest BCUT2D eigenvalue weighted by molar-refractivity contribution is -0.137. The zero-order valence-corrected chi connectivity index (χ0v) is 18.4. The Labute approximate surface area is 196 Å². The predicted octanol–water partition coefficient (Wildman–Crippen LogP) is 3.14. The number of hydrogen-bond donors (Lipinski definition) is 3. The monoisotopic (exact) mass is 485 g/mol. The lowest BCUT2D eigenvalue weighted by atomic mass is 10.1. The molecule has 13 heteroatoms. The summed E-state index contributed by atoms with van der Waals surface area (Å²) in [5.41, 5.74) is -0.355. The lowest BCUT2D eigenvalue weighted by Gasteiger charge is -2.17. The Morgan fingerprint density at radius 3 is 2.54 bits per heavy atom. The fourth-order valence-corrected chi connectivity index (χ4v) is 3.29. The molecular formula is C22H18F3N7O3. The SMILES string of the molecule is CN(C)C(=O)C(=O)c1ccccc1Nc1nc(Nc2cnc3c(c2)CC(=O)N3)ncc1C(F)(F)F. The molecule has 0 radical (unpaired) electrons. The van der Waals surface area contributed by atoms with Crippen LogP contribution in [-0.2, 0) is 22.2 Å². The van der Waals surface area contributed by atoms with Gasteiger partial charge in [0.15, 0.2) is 0 Å². The summed E-state index contributed by atoms with van der Waals surface area (Å²) in [5, 5.41) is 7.87. The molecule has 3 heterocycles. The van der Waals surface area contributed by atoms with Crippen molar-refractivity contribution in [1.82, 2.24) is 19.9 Å². The number of fused-ring (bicyclic) bond motifs is 1. The van der Waals surface area contributed by atoms with E-state index in [4.69, 9.17) is 0 Å². The van der Waals surface area contributed by atoms with Gasteiger partial charge in [0, 0.05) is 25.9 Å². The van der Waals surface area contributed by atoms with E-state index < -0.39 is 29.2 Å².